The summed E-state index contributed by atoms with van der Waals surface area (Å²) in [4.78, 5) is 13.3. The van der Waals surface area contributed by atoms with Crippen molar-refractivity contribution in [1.82, 2.24) is 4.90 Å². The lowest BCUT2D eigenvalue weighted by atomic mass is 9.96. The summed E-state index contributed by atoms with van der Waals surface area (Å²) in [5, 5.41) is 0.335. The second kappa shape index (κ2) is 4.90. The van der Waals surface area contributed by atoms with Gasteiger partial charge in [-0.05, 0) is 20.8 Å². The molecule has 0 aromatic carbocycles. The van der Waals surface area contributed by atoms with Crippen molar-refractivity contribution in [3.05, 3.63) is 0 Å². The van der Waals surface area contributed by atoms with E-state index in [1.807, 2.05) is 20.8 Å². The molecule has 0 radical (unpaired) electrons. The van der Waals surface area contributed by atoms with Crippen LogP contribution in [-0.4, -0.2) is 40.7 Å². The van der Waals surface area contributed by atoms with Gasteiger partial charge in [-0.2, -0.15) is 0 Å². The van der Waals surface area contributed by atoms with E-state index in [-0.39, 0.29) is 6.09 Å². The van der Waals surface area contributed by atoms with Crippen LogP contribution >= 0.6 is 15.9 Å². The van der Waals surface area contributed by atoms with Gasteiger partial charge in [0.2, 0.25) is 0 Å². The topological polar surface area (TPSA) is 29.5 Å². The molecule has 1 heterocycles. The van der Waals surface area contributed by atoms with Crippen molar-refractivity contribution in [3.8, 4) is 0 Å². The van der Waals surface area contributed by atoms with E-state index in [9.17, 15) is 9.18 Å². The summed E-state index contributed by atoms with van der Waals surface area (Å²) in [5.41, 5.74) is -1.66. The van der Waals surface area contributed by atoms with Crippen molar-refractivity contribution in [1.29, 1.82) is 0 Å². The first-order valence-electron chi connectivity index (χ1n) is 5.49. The van der Waals surface area contributed by atoms with E-state index in [1.165, 1.54) is 0 Å². The molecular weight excluding hydrogens is 277 g/mol. The lowest BCUT2D eigenvalue weighted by Crippen LogP contribution is -2.47. The Kier molecular flexibility index (Phi) is 4.21. The maximum absolute atomic E-state index is 13.9. The minimum absolute atomic E-state index is 0.335. The molecule has 94 valence electrons. The highest BCUT2D eigenvalue weighted by molar-refractivity contribution is 9.09. The normalized spacial score (nSPS) is 20.7. The van der Waals surface area contributed by atoms with E-state index in [0.717, 1.165) is 0 Å². The van der Waals surface area contributed by atoms with Gasteiger partial charge in [0, 0.05) is 31.3 Å². The Morgan fingerprint density at radius 3 is 2.31 bits per heavy atom. The number of rotatable bonds is 1. The number of ether oxygens (including phenoxy) is 1. The molecule has 0 aromatic rings. The third-order valence-electron chi connectivity index (χ3n) is 2.55. The minimum Gasteiger partial charge on any atom is -0.444 e. The highest BCUT2D eigenvalue weighted by Gasteiger charge is 2.36. The molecule has 1 saturated heterocycles. The molecule has 1 amide bonds. The lowest BCUT2D eigenvalue weighted by molar-refractivity contribution is 0.00770. The standard InChI is InChI=1S/C11H19BrFNO2/c1-10(2,3)16-9(15)14-6-4-11(13,8-12)5-7-14/h4-8H2,1-3H3. The van der Waals surface area contributed by atoms with Crippen molar-refractivity contribution in [2.24, 2.45) is 0 Å². The first-order valence-corrected chi connectivity index (χ1v) is 6.61. The fourth-order valence-electron chi connectivity index (χ4n) is 1.55. The van der Waals surface area contributed by atoms with Crippen LogP contribution in [0.2, 0.25) is 0 Å². The number of hydrogen-bond acceptors (Lipinski definition) is 2. The molecule has 5 heteroatoms. The highest BCUT2D eigenvalue weighted by atomic mass is 79.9. The SMILES string of the molecule is CC(C)(C)OC(=O)N1CCC(F)(CBr)CC1. The minimum atomic E-state index is -1.17. The van der Waals surface area contributed by atoms with Gasteiger partial charge in [-0.3, -0.25) is 0 Å². The zero-order valence-corrected chi connectivity index (χ0v) is 11.6. The van der Waals surface area contributed by atoms with E-state index in [4.69, 9.17) is 4.74 Å². The van der Waals surface area contributed by atoms with Crippen LogP contribution in [0.4, 0.5) is 9.18 Å². The first kappa shape index (κ1) is 13.7. The molecule has 0 spiro atoms. The van der Waals surface area contributed by atoms with Gasteiger partial charge in [0.15, 0.2) is 0 Å². The Balaban J connectivity index is 2.45. The van der Waals surface area contributed by atoms with Crippen LogP contribution in [0, 0.1) is 0 Å². The number of halogens is 2. The lowest BCUT2D eigenvalue weighted by Gasteiger charge is -2.36. The molecule has 1 aliphatic heterocycles. The summed E-state index contributed by atoms with van der Waals surface area (Å²) in [7, 11) is 0. The number of piperidine rings is 1. The van der Waals surface area contributed by atoms with Gasteiger partial charge in [0.05, 0.1) is 0 Å². The molecule has 0 saturated carbocycles. The summed E-state index contributed by atoms with van der Waals surface area (Å²) in [5.74, 6) is 0. The maximum Gasteiger partial charge on any atom is 0.410 e. The van der Waals surface area contributed by atoms with Crippen molar-refractivity contribution in [3.63, 3.8) is 0 Å². The van der Waals surface area contributed by atoms with Crippen LogP contribution in [0.5, 0.6) is 0 Å². The largest absolute Gasteiger partial charge is 0.444 e. The highest BCUT2D eigenvalue weighted by Crippen LogP contribution is 2.29. The number of carbonyl (C=O) groups is 1. The first-order chi connectivity index (χ1) is 7.26. The van der Waals surface area contributed by atoms with Gasteiger partial charge in [-0.1, -0.05) is 15.9 Å². The molecule has 16 heavy (non-hydrogen) atoms. The van der Waals surface area contributed by atoms with E-state index in [2.05, 4.69) is 15.9 Å². The summed E-state index contributed by atoms with van der Waals surface area (Å²) >= 11 is 3.16. The van der Waals surface area contributed by atoms with Crippen LogP contribution in [0.1, 0.15) is 33.6 Å². The molecule has 3 nitrogen and oxygen atoms in total. The van der Waals surface area contributed by atoms with Gasteiger partial charge >= 0.3 is 6.09 Å². The number of amides is 1. The summed E-state index contributed by atoms with van der Waals surface area (Å²) < 4.78 is 19.1. The van der Waals surface area contributed by atoms with Crippen LogP contribution in [-0.2, 0) is 4.74 Å². The molecule has 0 N–H and O–H groups in total. The molecule has 1 aliphatic rings. The fraction of sp³-hybridized carbons (Fsp3) is 0.909. The van der Waals surface area contributed by atoms with E-state index in [1.54, 1.807) is 4.90 Å². The smallest absolute Gasteiger partial charge is 0.410 e. The van der Waals surface area contributed by atoms with E-state index >= 15 is 0 Å². The predicted molar refractivity (Wildman–Crippen MR) is 64.7 cm³/mol. The Hall–Kier alpha value is -0.320. The monoisotopic (exact) mass is 295 g/mol. The zero-order valence-electron chi connectivity index (χ0n) is 10.1. The molecule has 1 rings (SSSR count). The quantitative estimate of drug-likeness (QED) is 0.696. The molecular formula is C11H19BrFNO2. The fourth-order valence-corrected chi connectivity index (χ4v) is 2.11. The summed E-state index contributed by atoms with van der Waals surface area (Å²) in [6.07, 6.45) is 0.402. The molecule has 0 atom stereocenters. The Labute approximate surface area is 104 Å². The van der Waals surface area contributed by atoms with Crippen molar-refractivity contribution in [2.75, 3.05) is 18.4 Å². The average molecular weight is 296 g/mol. The number of alkyl halides is 2. The Morgan fingerprint density at radius 1 is 1.44 bits per heavy atom. The predicted octanol–water partition coefficient (Wildman–Crippen LogP) is 3.12. The summed E-state index contributed by atoms with van der Waals surface area (Å²) in [6.45, 7) is 6.33. The van der Waals surface area contributed by atoms with Gasteiger partial charge in [-0.25, -0.2) is 9.18 Å². The van der Waals surface area contributed by atoms with Gasteiger partial charge in [0.25, 0.3) is 0 Å². The van der Waals surface area contributed by atoms with Crippen LogP contribution in [0.15, 0.2) is 0 Å². The molecule has 1 fully saturated rings. The van der Waals surface area contributed by atoms with E-state index < -0.39 is 11.3 Å². The molecule has 0 bridgehead atoms. The van der Waals surface area contributed by atoms with E-state index in [0.29, 0.717) is 31.3 Å². The summed E-state index contributed by atoms with van der Waals surface area (Å²) in [6, 6.07) is 0. The van der Waals surface area contributed by atoms with Crippen molar-refractivity contribution in [2.45, 2.75) is 44.9 Å². The van der Waals surface area contributed by atoms with Crippen LogP contribution < -0.4 is 0 Å². The average Bonchev–Trinajstić information content (AvgIpc) is 2.16. The number of likely N-dealkylation sites (tertiary alicyclic amines) is 1. The molecule has 0 aliphatic carbocycles. The number of hydrogen-bond donors (Lipinski definition) is 0. The van der Waals surface area contributed by atoms with Gasteiger partial charge < -0.3 is 9.64 Å². The maximum atomic E-state index is 13.9. The van der Waals surface area contributed by atoms with Crippen LogP contribution in [0.3, 0.4) is 0 Å². The third kappa shape index (κ3) is 3.92. The Bertz CT molecular complexity index is 257. The van der Waals surface area contributed by atoms with Crippen LogP contribution in [0.25, 0.3) is 0 Å². The number of carbonyl (C=O) groups excluding carboxylic acids is 1. The second-order valence-corrected chi connectivity index (χ2v) is 5.81. The van der Waals surface area contributed by atoms with Crippen molar-refractivity contribution < 1.29 is 13.9 Å². The van der Waals surface area contributed by atoms with Crippen molar-refractivity contribution >= 4 is 22.0 Å². The van der Waals surface area contributed by atoms with Gasteiger partial charge in [0.1, 0.15) is 11.3 Å². The van der Waals surface area contributed by atoms with Gasteiger partial charge in [-0.15, -0.1) is 0 Å². The molecule has 0 aromatic heterocycles. The third-order valence-corrected chi connectivity index (χ3v) is 3.56. The molecule has 0 unspecified atom stereocenters. The second-order valence-electron chi connectivity index (χ2n) is 5.25. The number of nitrogens with zero attached hydrogens (tertiary/aromatic N) is 1. The zero-order chi connectivity index (χ0) is 12.4. The Morgan fingerprint density at radius 2 is 1.94 bits per heavy atom.